The van der Waals surface area contributed by atoms with Gasteiger partial charge in [-0.25, -0.2) is 4.98 Å². The second-order valence-electron chi connectivity index (χ2n) is 8.02. The van der Waals surface area contributed by atoms with E-state index in [2.05, 4.69) is 20.8 Å². The van der Waals surface area contributed by atoms with Crippen LogP contribution in [0.25, 0.3) is 10.9 Å². The van der Waals surface area contributed by atoms with Crippen molar-refractivity contribution in [2.24, 2.45) is 11.8 Å². The van der Waals surface area contributed by atoms with Gasteiger partial charge in [-0.1, -0.05) is 32.9 Å². The smallest absolute Gasteiger partial charge is 0.261 e. The molecule has 1 unspecified atom stereocenters. The number of benzene rings is 1. The number of hydrogen-bond acceptors (Lipinski definition) is 4. The predicted octanol–water partition coefficient (Wildman–Crippen LogP) is 3.39. The standard InChI is InChI=1S/C22H31N3O3/c1-5-19(25(14-15(2)3)21(26)16-10-11-16)20-23-18-9-7-6-8-17(18)22(27)24(20)12-13-28-4/h6-9,15-16,19H,5,10-14H2,1-4H3. The Labute approximate surface area is 166 Å². The van der Waals surface area contributed by atoms with E-state index in [4.69, 9.17) is 9.72 Å². The molecule has 1 aliphatic rings. The molecular weight excluding hydrogens is 354 g/mol. The van der Waals surface area contributed by atoms with Gasteiger partial charge in [-0.05, 0) is 37.3 Å². The summed E-state index contributed by atoms with van der Waals surface area (Å²) in [7, 11) is 1.62. The van der Waals surface area contributed by atoms with Gasteiger partial charge in [0.15, 0.2) is 0 Å². The number of amides is 1. The van der Waals surface area contributed by atoms with Crippen LogP contribution in [0.3, 0.4) is 0 Å². The van der Waals surface area contributed by atoms with E-state index in [0.717, 1.165) is 12.8 Å². The van der Waals surface area contributed by atoms with Crippen molar-refractivity contribution in [2.45, 2.75) is 52.6 Å². The van der Waals surface area contributed by atoms with Gasteiger partial charge in [-0.3, -0.25) is 14.2 Å². The second-order valence-corrected chi connectivity index (χ2v) is 8.02. The Morgan fingerprint density at radius 1 is 1.32 bits per heavy atom. The Balaban J connectivity index is 2.13. The number of rotatable bonds is 9. The molecule has 3 rings (SSSR count). The molecule has 0 saturated heterocycles. The normalized spacial score (nSPS) is 15.2. The minimum atomic E-state index is -0.218. The molecule has 1 atom stereocenters. The zero-order chi connectivity index (χ0) is 20.3. The van der Waals surface area contributed by atoms with E-state index in [0.29, 0.717) is 48.8 Å². The fourth-order valence-corrected chi connectivity index (χ4v) is 3.71. The van der Waals surface area contributed by atoms with Gasteiger partial charge in [0.1, 0.15) is 5.82 Å². The molecule has 6 heteroatoms. The number of methoxy groups -OCH3 is 1. The van der Waals surface area contributed by atoms with Gasteiger partial charge < -0.3 is 9.64 Å². The first-order valence-corrected chi connectivity index (χ1v) is 10.3. The maximum absolute atomic E-state index is 13.2. The molecule has 152 valence electrons. The fraction of sp³-hybridized carbons (Fsp3) is 0.591. The van der Waals surface area contributed by atoms with E-state index >= 15 is 0 Å². The van der Waals surface area contributed by atoms with Crippen LogP contribution in [-0.4, -0.2) is 40.6 Å². The molecule has 1 aromatic heterocycles. The van der Waals surface area contributed by atoms with E-state index in [1.807, 2.05) is 23.1 Å². The Morgan fingerprint density at radius 3 is 2.64 bits per heavy atom. The Kier molecular flexibility index (Phi) is 6.50. The van der Waals surface area contributed by atoms with Crippen LogP contribution in [0.15, 0.2) is 29.1 Å². The Bertz CT molecular complexity index is 886. The highest BCUT2D eigenvalue weighted by atomic mass is 16.5. The highest BCUT2D eigenvalue weighted by Gasteiger charge is 2.37. The largest absolute Gasteiger partial charge is 0.383 e. The maximum atomic E-state index is 13.2. The van der Waals surface area contributed by atoms with Crippen LogP contribution in [0, 0.1) is 11.8 Å². The van der Waals surface area contributed by atoms with Crippen molar-refractivity contribution in [3.63, 3.8) is 0 Å². The van der Waals surface area contributed by atoms with Gasteiger partial charge in [-0.15, -0.1) is 0 Å². The quantitative estimate of drug-likeness (QED) is 0.664. The number of ether oxygens (including phenoxy) is 1. The molecule has 1 fully saturated rings. The number of fused-ring (bicyclic) bond motifs is 1. The van der Waals surface area contributed by atoms with E-state index in [9.17, 15) is 9.59 Å². The van der Waals surface area contributed by atoms with E-state index in [1.54, 1.807) is 17.7 Å². The average molecular weight is 386 g/mol. The summed E-state index contributed by atoms with van der Waals surface area (Å²) in [6, 6.07) is 7.19. The number of carbonyl (C=O) groups excluding carboxylic acids is 1. The lowest BCUT2D eigenvalue weighted by atomic mass is 10.1. The van der Waals surface area contributed by atoms with Crippen molar-refractivity contribution in [1.82, 2.24) is 14.5 Å². The summed E-state index contributed by atoms with van der Waals surface area (Å²) in [6.45, 7) is 7.80. The lowest BCUT2D eigenvalue weighted by Gasteiger charge is -2.33. The van der Waals surface area contributed by atoms with Crippen molar-refractivity contribution in [1.29, 1.82) is 0 Å². The molecule has 1 saturated carbocycles. The van der Waals surface area contributed by atoms with Crippen molar-refractivity contribution in [3.8, 4) is 0 Å². The van der Waals surface area contributed by atoms with Crippen LogP contribution >= 0.6 is 0 Å². The third-order valence-electron chi connectivity index (χ3n) is 5.24. The molecule has 1 amide bonds. The van der Waals surface area contributed by atoms with Crippen LogP contribution in [-0.2, 0) is 16.1 Å². The van der Waals surface area contributed by atoms with Gasteiger partial charge in [-0.2, -0.15) is 0 Å². The van der Waals surface area contributed by atoms with Gasteiger partial charge in [0.2, 0.25) is 5.91 Å². The first-order valence-electron chi connectivity index (χ1n) is 10.3. The first-order chi connectivity index (χ1) is 13.5. The molecule has 0 aliphatic heterocycles. The molecule has 0 N–H and O–H groups in total. The molecule has 28 heavy (non-hydrogen) atoms. The summed E-state index contributed by atoms with van der Waals surface area (Å²) in [5.74, 6) is 1.34. The van der Waals surface area contributed by atoms with Crippen molar-refractivity contribution >= 4 is 16.8 Å². The monoisotopic (exact) mass is 385 g/mol. The number of carbonyl (C=O) groups is 1. The lowest BCUT2D eigenvalue weighted by molar-refractivity contribution is -0.136. The molecular formula is C22H31N3O3. The zero-order valence-corrected chi connectivity index (χ0v) is 17.4. The molecule has 1 aromatic carbocycles. The van der Waals surface area contributed by atoms with Gasteiger partial charge in [0.25, 0.3) is 5.56 Å². The minimum absolute atomic E-state index is 0.0699. The molecule has 0 spiro atoms. The van der Waals surface area contributed by atoms with Crippen LogP contribution in [0.2, 0.25) is 0 Å². The van der Waals surface area contributed by atoms with Crippen molar-refractivity contribution in [2.75, 3.05) is 20.3 Å². The van der Waals surface area contributed by atoms with Crippen molar-refractivity contribution < 1.29 is 9.53 Å². The zero-order valence-electron chi connectivity index (χ0n) is 17.4. The number of aromatic nitrogens is 2. The fourth-order valence-electron chi connectivity index (χ4n) is 3.71. The second kappa shape index (κ2) is 8.86. The van der Waals surface area contributed by atoms with E-state index in [-0.39, 0.29) is 23.4 Å². The summed E-state index contributed by atoms with van der Waals surface area (Å²) in [4.78, 5) is 33.1. The lowest BCUT2D eigenvalue weighted by Crippen LogP contribution is -2.41. The Hall–Kier alpha value is -2.21. The third kappa shape index (κ3) is 4.27. The van der Waals surface area contributed by atoms with Crippen LogP contribution in [0.1, 0.15) is 51.9 Å². The summed E-state index contributed by atoms with van der Waals surface area (Å²) in [6.07, 6.45) is 2.64. The maximum Gasteiger partial charge on any atom is 0.261 e. The summed E-state index contributed by atoms with van der Waals surface area (Å²) >= 11 is 0. The molecule has 0 bridgehead atoms. The summed E-state index contributed by atoms with van der Waals surface area (Å²) in [5.41, 5.74) is 0.609. The average Bonchev–Trinajstić information content (AvgIpc) is 3.52. The van der Waals surface area contributed by atoms with E-state index in [1.165, 1.54) is 0 Å². The van der Waals surface area contributed by atoms with Gasteiger partial charge in [0, 0.05) is 19.6 Å². The van der Waals surface area contributed by atoms with E-state index < -0.39 is 0 Å². The number of nitrogens with zero attached hydrogens (tertiary/aromatic N) is 3. The number of para-hydroxylation sites is 1. The van der Waals surface area contributed by atoms with Crippen LogP contribution < -0.4 is 5.56 Å². The molecule has 2 aromatic rings. The summed E-state index contributed by atoms with van der Waals surface area (Å²) in [5, 5.41) is 0.598. The summed E-state index contributed by atoms with van der Waals surface area (Å²) < 4.78 is 6.94. The minimum Gasteiger partial charge on any atom is -0.383 e. The van der Waals surface area contributed by atoms with Crippen LogP contribution in [0.5, 0.6) is 0 Å². The highest BCUT2D eigenvalue weighted by molar-refractivity contribution is 5.81. The highest BCUT2D eigenvalue weighted by Crippen LogP contribution is 2.35. The molecule has 6 nitrogen and oxygen atoms in total. The van der Waals surface area contributed by atoms with Gasteiger partial charge >= 0.3 is 0 Å². The molecule has 0 radical (unpaired) electrons. The number of hydrogen-bond donors (Lipinski definition) is 0. The first kappa shape index (κ1) is 20.5. The van der Waals surface area contributed by atoms with Crippen molar-refractivity contribution in [3.05, 3.63) is 40.4 Å². The molecule has 1 heterocycles. The van der Waals surface area contributed by atoms with Crippen LogP contribution in [0.4, 0.5) is 0 Å². The topological polar surface area (TPSA) is 64.4 Å². The van der Waals surface area contributed by atoms with Gasteiger partial charge in [0.05, 0.1) is 30.1 Å². The Morgan fingerprint density at radius 2 is 2.04 bits per heavy atom. The molecule has 1 aliphatic carbocycles. The third-order valence-corrected chi connectivity index (χ3v) is 5.24. The SMILES string of the molecule is CCC(c1nc2ccccc2c(=O)n1CCOC)N(CC(C)C)C(=O)C1CC1. The predicted molar refractivity (Wildman–Crippen MR) is 110 cm³/mol.